The van der Waals surface area contributed by atoms with E-state index in [1.54, 1.807) is 0 Å². The first-order chi connectivity index (χ1) is 8.31. The van der Waals surface area contributed by atoms with Gasteiger partial charge in [0, 0.05) is 0 Å². The fourth-order valence-electron chi connectivity index (χ4n) is 2.33. The Morgan fingerprint density at radius 3 is 2.47 bits per heavy atom. The highest BCUT2D eigenvalue weighted by Gasteiger charge is 2.06. The maximum absolute atomic E-state index is 3.95. The highest BCUT2D eigenvalue weighted by Crippen LogP contribution is 2.28. The molecule has 86 valence electrons. The van der Waals surface area contributed by atoms with Crippen LogP contribution in [0.3, 0.4) is 0 Å². The minimum Gasteiger partial charge on any atom is -0.0984 e. The predicted molar refractivity (Wildman–Crippen MR) is 78.1 cm³/mol. The van der Waals surface area contributed by atoms with Gasteiger partial charge in [-0.25, -0.2) is 0 Å². The van der Waals surface area contributed by atoms with Gasteiger partial charge in [-0.15, -0.1) is 0 Å². The summed E-state index contributed by atoms with van der Waals surface area (Å²) in [6.45, 7) is 8.20. The molecule has 2 rings (SSSR count). The number of hydrogen-bond acceptors (Lipinski definition) is 0. The second kappa shape index (κ2) is 5.01. The fraction of sp³-hybridized carbons (Fsp3) is 0.176. The van der Waals surface area contributed by atoms with Gasteiger partial charge in [0.25, 0.3) is 0 Å². The summed E-state index contributed by atoms with van der Waals surface area (Å²) in [5.74, 6) is 0. The first kappa shape index (κ1) is 11.7. The number of hydrogen-bond donors (Lipinski definition) is 0. The van der Waals surface area contributed by atoms with E-state index in [0.29, 0.717) is 0 Å². The van der Waals surface area contributed by atoms with Crippen molar-refractivity contribution >= 4 is 22.9 Å². The lowest BCUT2D eigenvalue weighted by Crippen LogP contribution is -1.90. The van der Waals surface area contributed by atoms with Gasteiger partial charge in [0.1, 0.15) is 0 Å². The summed E-state index contributed by atoms with van der Waals surface area (Å²) < 4.78 is 0. The molecule has 0 fully saturated rings. The zero-order chi connectivity index (χ0) is 12.3. The van der Waals surface area contributed by atoms with E-state index in [4.69, 9.17) is 0 Å². The molecule has 0 nitrogen and oxygen atoms in total. The third kappa shape index (κ3) is 2.03. The van der Waals surface area contributed by atoms with Crippen molar-refractivity contribution < 1.29 is 0 Å². The van der Waals surface area contributed by atoms with Crippen LogP contribution in [-0.4, -0.2) is 0 Å². The highest BCUT2D eigenvalue weighted by atomic mass is 14.1. The van der Waals surface area contributed by atoms with E-state index < -0.39 is 0 Å². The smallest absolute Gasteiger partial charge is 0.0103 e. The van der Waals surface area contributed by atoms with Gasteiger partial charge in [0.2, 0.25) is 0 Å². The molecule has 17 heavy (non-hydrogen) atoms. The Kier molecular flexibility index (Phi) is 3.43. The summed E-state index contributed by atoms with van der Waals surface area (Å²) in [5.41, 5.74) is 3.90. The van der Waals surface area contributed by atoms with Gasteiger partial charge in [0.15, 0.2) is 0 Å². The van der Waals surface area contributed by atoms with Gasteiger partial charge >= 0.3 is 0 Å². The molecule has 0 aliphatic rings. The van der Waals surface area contributed by atoms with E-state index in [9.17, 15) is 0 Å². The van der Waals surface area contributed by atoms with Gasteiger partial charge in [0.05, 0.1) is 0 Å². The molecule has 0 aromatic heterocycles. The Morgan fingerprint density at radius 1 is 1.18 bits per heavy atom. The average Bonchev–Trinajstić information content (AvgIpc) is 2.38. The lowest BCUT2D eigenvalue weighted by atomic mass is 9.93. The SMILES string of the molecule is C=Cc1c(/C=C\C)cc(CC)c2ccccc12. The molecule has 0 saturated carbocycles. The van der Waals surface area contributed by atoms with Gasteiger partial charge < -0.3 is 0 Å². The molecule has 0 atom stereocenters. The third-order valence-corrected chi connectivity index (χ3v) is 3.14. The Bertz CT molecular complexity index is 574. The van der Waals surface area contributed by atoms with Crippen LogP contribution < -0.4 is 0 Å². The number of fused-ring (bicyclic) bond motifs is 1. The van der Waals surface area contributed by atoms with Crippen molar-refractivity contribution in [2.45, 2.75) is 20.3 Å². The molecule has 2 aromatic carbocycles. The second-order valence-electron chi connectivity index (χ2n) is 4.14. The largest absolute Gasteiger partial charge is 0.0984 e. The molecule has 2 aromatic rings. The number of allylic oxidation sites excluding steroid dienone is 1. The van der Waals surface area contributed by atoms with Crippen molar-refractivity contribution in [3.05, 3.63) is 59.7 Å². The van der Waals surface area contributed by atoms with Crippen LogP contribution in [0.15, 0.2) is 43.0 Å². The number of aryl methyl sites for hydroxylation is 1. The molecule has 0 amide bonds. The van der Waals surface area contributed by atoms with Crippen molar-refractivity contribution in [3.63, 3.8) is 0 Å². The van der Waals surface area contributed by atoms with Crippen LogP contribution in [0, 0.1) is 0 Å². The maximum atomic E-state index is 3.95. The Labute approximate surface area is 103 Å². The monoisotopic (exact) mass is 222 g/mol. The Hall–Kier alpha value is -1.82. The van der Waals surface area contributed by atoms with Crippen molar-refractivity contribution in [1.29, 1.82) is 0 Å². The van der Waals surface area contributed by atoms with E-state index in [0.717, 1.165) is 6.42 Å². The minimum absolute atomic E-state index is 1.06. The molecular weight excluding hydrogens is 204 g/mol. The van der Waals surface area contributed by atoms with Crippen molar-refractivity contribution in [3.8, 4) is 0 Å². The van der Waals surface area contributed by atoms with E-state index in [1.807, 2.05) is 13.0 Å². The zero-order valence-corrected chi connectivity index (χ0v) is 10.5. The van der Waals surface area contributed by atoms with Crippen LogP contribution in [-0.2, 0) is 6.42 Å². The summed E-state index contributed by atoms with van der Waals surface area (Å²) in [6, 6.07) is 10.8. The third-order valence-electron chi connectivity index (χ3n) is 3.14. The molecule has 0 N–H and O–H groups in total. The predicted octanol–water partition coefficient (Wildman–Crippen LogP) is 5.08. The normalized spacial score (nSPS) is 11.2. The van der Waals surface area contributed by atoms with E-state index in [1.165, 1.54) is 27.5 Å². The van der Waals surface area contributed by atoms with Crippen LogP contribution in [0.4, 0.5) is 0 Å². The van der Waals surface area contributed by atoms with Gasteiger partial charge in [-0.1, -0.05) is 62.1 Å². The molecular formula is C17H18. The summed E-state index contributed by atoms with van der Waals surface area (Å²) in [7, 11) is 0. The molecule has 0 spiro atoms. The Balaban J connectivity index is 2.88. The minimum atomic E-state index is 1.06. The molecule has 0 aliphatic heterocycles. The van der Waals surface area contributed by atoms with Crippen LogP contribution in [0.1, 0.15) is 30.5 Å². The molecule has 0 unspecified atom stereocenters. The summed E-state index contributed by atoms with van der Waals surface area (Å²) in [4.78, 5) is 0. The van der Waals surface area contributed by atoms with Crippen molar-refractivity contribution in [1.82, 2.24) is 0 Å². The van der Waals surface area contributed by atoms with E-state index >= 15 is 0 Å². The first-order valence-corrected chi connectivity index (χ1v) is 6.11. The van der Waals surface area contributed by atoms with E-state index in [2.05, 4.69) is 56.0 Å². The first-order valence-electron chi connectivity index (χ1n) is 6.11. The standard InChI is InChI=1S/C17H18/c1-4-9-14-12-13(5-2)16-10-7-8-11-17(16)15(14)6-3/h4,6-12H,3,5H2,1-2H3/b9-4-. The maximum Gasteiger partial charge on any atom is -0.0103 e. The highest BCUT2D eigenvalue weighted by molar-refractivity contribution is 5.96. The zero-order valence-electron chi connectivity index (χ0n) is 10.5. The molecule has 0 aliphatic carbocycles. The van der Waals surface area contributed by atoms with Crippen LogP contribution >= 0.6 is 0 Å². The second-order valence-corrected chi connectivity index (χ2v) is 4.14. The quantitative estimate of drug-likeness (QED) is 0.679. The van der Waals surface area contributed by atoms with Crippen LogP contribution in [0.25, 0.3) is 22.9 Å². The van der Waals surface area contributed by atoms with Gasteiger partial charge in [-0.2, -0.15) is 0 Å². The van der Waals surface area contributed by atoms with Gasteiger partial charge in [-0.3, -0.25) is 0 Å². The van der Waals surface area contributed by atoms with Crippen LogP contribution in [0.5, 0.6) is 0 Å². The summed E-state index contributed by atoms with van der Waals surface area (Å²) in [5, 5.41) is 2.65. The molecule has 0 heteroatoms. The average molecular weight is 222 g/mol. The lowest BCUT2D eigenvalue weighted by Gasteiger charge is -2.11. The molecule has 0 radical (unpaired) electrons. The summed E-state index contributed by atoms with van der Waals surface area (Å²) >= 11 is 0. The van der Waals surface area contributed by atoms with E-state index in [-0.39, 0.29) is 0 Å². The topological polar surface area (TPSA) is 0 Å². The summed E-state index contributed by atoms with van der Waals surface area (Å²) in [6.07, 6.45) is 7.25. The molecule has 0 heterocycles. The Morgan fingerprint density at radius 2 is 1.88 bits per heavy atom. The number of benzene rings is 2. The molecule has 0 saturated heterocycles. The van der Waals surface area contributed by atoms with Crippen LogP contribution in [0.2, 0.25) is 0 Å². The van der Waals surface area contributed by atoms with Crippen molar-refractivity contribution in [2.75, 3.05) is 0 Å². The molecule has 0 bridgehead atoms. The lowest BCUT2D eigenvalue weighted by molar-refractivity contribution is 1.16. The van der Waals surface area contributed by atoms with Crippen molar-refractivity contribution in [2.24, 2.45) is 0 Å². The fourth-order valence-corrected chi connectivity index (χ4v) is 2.33. The number of rotatable bonds is 3. The van der Waals surface area contributed by atoms with Gasteiger partial charge in [-0.05, 0) is 40.8 Å².